The predicted molar refractivity (Wildman–Crippen MR) is 81.2 cm³/mol. The molecule has 0 aliphatic rings. The Kier molecular flexibility index (Phi) is 4.43. The third-order valence-corrected chi connectivity index (χ3v) is 4.63. The number of halogens is 1. The summed E-state index contributed by atoms with van der Waals surface area (Å²) in [5, 5.41) is 11.3. The molecule has 18 heavy (non-hydrogen) atoms. The lowest BCUT2D eigenvalue weighted by atomic mass is 10.1. The van der Waals surface area contributed by atoms with Crippen molar-refractivity contribution in [3.63, 3.8) is 0 Å². The van der Waals surface area contributed by atoms with Crippen molar-refractivity contribution in [2.45, 2.75) is 20.1 Å². The quantitative estimate of drug-likeness (QED) is 0.920. The lowest BCUT2D eigenvalue weighted by Crippen LogP contribution is -2.15. The van der Waals surface area contributed by atoms with Gasteiger partial charge in [0.2, 0.25) is 0 Å². The van der Waals surface area contributed by atoms with Crippen LogP contribution in [-0.4, -0.2) is 12.2 Å². The van der Waals surface area contributed by atoms with Crippen LogP contribution in [0, 0.1) is 6.92 Å². The van der Waals surface area contributed by atoms with E-state index in [1.807, 2.05) is 13.0 Å². The number of benzene rings is 1. The van der Waals surface area contributed by atoms with Crippen LogP contribution < -0.4 is 4.90 Å². The number of nitrogens with zero attached hydrogens (tertiary/aromatic N) is 1. The van der Waals surface area contributed by atoms with Gasteiger partial charge in [-0.1, -0.05) is 6.07 Å². The third-order valence-electron chi connectivity index (χ3n) is 2.95. The molecule has 0 aliphatic carbocycles. The van der Waals surface area contributed by atoms with Gasteiger partial charge in [-0.3, -0.25) is 0 Å². The Morgan fingerprint density at radius 3 is 2.67 bits per heavy atom. The summed E-state index contributed by atoms with van der Waals surface area (Å²) in [6.07, 6.45) is 0. The number of hydrogen-bond acceptors (Lipinski definition) is 3. The van der Waals surface area contributed by atoms with Crippen LogP contribution >= 0.6 is 27.3 Å². The molecule has 1 aromatic carbocycles. The summed E-state index contributed by atoms with van der Waals surface area (Å²) in [4.78, 5) is 3.54. The monoisotopic (exact) mass is 325 g/mol. The van der Waals surface area contributed by atoms with Crippen LogP contribution in [0.1, 0.15) is 16.0 Å². The molecule has 0 unspecified atom stereocenters. The van der Waals surface area contributed by atoms with Crippen LogP contribution in [0.3, 0.4) is 0 Å². The summed E-state index contributed by atoms with van der Waals surface area (Å²) in [5.74, 6) is 0. The first-order valence-corrected chi connectivity index (χ1v) is 7.42. The Morgan fingerprint density at radius 1 is 1.33 bits per heavy atom. The normalized spacial score (nSPS) is 10.7. The average molecular weight is 326 g/mol. The van der Waals surface area contributed by atoms with Crippen LogP contribution in [0.5, 0.6) is 0 Å². The van der Waals surface area contributed by atoms with Crippen molar-refractivity contribution in [2.24, 2.45) is 0 Å². The number of hydrogen-bond donors (Lipinski definition) is 1. The van der Waals surface area contributed by atoms with Crippen LogP contribution in [0.4, 0.5) is 5.69 Å². The first-order valence-electron chi connectivity index (χ1n) is 5.74. The number of aryl methyl sites for hydroxylation is 1. The highest BCUT2D eigenvalue weighted by Gasteiger charge is 2.06. The molecule has 2 nitrogen and oxygen atoms in total. The van der Waals surface area contributed by atoms with Crippen molar-refractivity contribution in [3.05, 3.63) is 50.1 Å². The van der Waals surface area contributed by atoms with Gasteiger partial charge >= 0.3 is 0 Å². The fraction of sp³-hybridized carbons (Fsp3) is 0.286. The van der Waals surface area contributed by atoms with E-state index >= 15 is 0 Å². The molecule has 1 aromatic heterocycles. The van der Waals surface area contributed by atoms with Gasteiger partial charge in [0.25, 0.3) is 0 Å². The molecular weight excluding hydrogens is 310 g/mol. The molecule has 0 saturated heterocycles. The van der Waals surface area contributed by atoms with Crippen molar-refractivity contribution in [1.82, 2.24) is 0 Å². The Balaban J connectivity index is 2.13. The summed E-state index contributed by atoms with van der Waals surface area (Å²) < 4.78 is 1.14. The summed E-state index contributed by atoms with van der Waals surface area (Å²) >= 11 is 5.23. The highest BCUT2D eigenvalue weighted by Crippen LogP contribution is 2.24. The molecule has 0 bridgehead atoms. The number of aliphatic hydroxyl groups is 1. The van der Waals surface area contributed by atoms with E-state index < -0.39 is 0 Å². The largest absolute Gasteiger partial charge is 0.392 e. The minimum absolute atomic E-state index is 0.105. The fourth-order valence-electron chi connectivity index (χ4n) is 1.86. The zero-order valence-corrected chi connectivity index (χ0v) is 12.9. The van der Waals surface area contributed by atoms with E-state index in [1.165, 1.54) is 10.6 Å². The lowest BCUT2D eigenvalue weighted by molar-refractivity contribution is 0.281. The first kappa shape index (κ1) is 13.6. The highest BCUT2D eigenvalue weighted by molar-refractivity contribution is 9.10. The van der Waals surface area contributed by atoms with Gasteiger partial charge in [0.1, 0.15) is 0 Å². The van der Waals surface area contributed by atoms with E-state index in [2.05, 4.69) is 51.5 Å². The standard InChI is InChI=1S/C14H16BrNOS/c1-10-5-13(4-3-11(10)8-17)16(2)7-14-6-12(15)9-18-14/h3-6,9,17H,7-8H2,1-2H3. The molecule has 1 N–H and O–H groups in total. The van der Waals surface area contributed by atoms with Crippen molar-refractivity contribution >= 4 is 33.0 Å². The fourth-order valence-corrected chi connectivity index (χ4v) is 3.36. The highest BCUT2D eigenvalue weighted by atomic mass is 79.9. The maximum absolute atomic E-state index is 9.17. The molecule has 0 saturated carbocycles. The molecule has 0 fully saturated rings. The second-order valence-corrected chi connectivity index (χ2v) is 6.27. The topological polar surface area (TPSA) is 23.5 Å². The van der Waals surface area contributed by atoms with Crippen LogP contribution in [0.2, 0.25) is 0 Å². The van der Waals surface area contributed by atoms with Crippen molar-refractivity contribution in [2.75, 3.05) is 11.9 Å². The smallest absolute Gasteiger partial charge is 0.0684 e. The van der Waals surface area contributed by atoms with Gasteiger partial charge in [-0.2, -0.15) is 0 Å². The summed E-state index contributed by atoms with van der Waals surface area (Å²) in [6, 6.07) is 8.32. The van der Waals surface area contributed by atoms with Gasteiger partial charge in [-0.05, 0) is 52.2 Å². The summed E-state index contributed by atoms with van der Waals surface area (Å²) in [5.41, 5.74) is 3.30. The van der Waals surface area contributed by atoms with E-state index in [-0.39, 0.29) is 6.61 Å². The van der Waals surface area contributed by atoms with Gasteiger partial charge in [0.15, 0.2) is 0 Å². The number of rotatable bonds is 4. The first-order chi connectivity index (χ1) is 8.60. The third kappa shape index (κ3) is 3.13. The van der Waals surface area contributed by atoms with Crippen molar-refractivity contribution in [3.8, 4) is 0 Å². The molecule has 0 atom stereocenters. The SMILES string of the molecule is Cc1cc(N(C)Cc2cc(Br)cs2)ccc1CO. The zero-order valence-electron chi connectivity index (χ0n) is 10.5. The summed E-state index contributed by atoms with van der Waals surface area (Å²) in [7, 11) is 2.08. The van der Waals surface area contributed by atoms with Gasteiger partial charge in [0.05, 0.1) is 13.2 Å². The molecule has 0 radical (unpaired) electrons. The number of anilines is 1. The zero-order chi connectivity index (χ0) is 13.1. The average Bonchev–Trinajstić information content (AvgIpc) is 2.74. The van der Waals surface area contributed by atoms with Crippen LogP contribution in [0.25, 0.3) is 0 Å². The summed E-state index contributed by atoms with van der Waals surface area (Å²) in [6.45, 7) is 3.03. The Labute approximate surface area is 120 Å². The molecule has 2 aromatic rings. The van der Waals surface area contributed by atoms with Crippen molar-refractivity contribution in [1.29, 1.82) is 0 Å². The molecular formula is C14H16BrNOS. The molecule has 2 rings (SSSR count). The van der Waals surface area contributed by atoms with E-state index in [4.69, 9.17) is 5.11 Å². The van der Waals surface area contributed by atoms with Crippen molar-refractivity contribution < 1.29 is 5.11 Å². The van der Waals surface area contributed by atoms with Gasteiger partial charge in [0, 0.05) is 27.5 Å². The molecule has 0 aliphatic heterocycles. The van der Waals surface area contributed by atoms with E-state index in [9.17, 15) is 0 Å². The molecule has 0 amide bonds. The number of thiophene rings is 1. The van der Waals surface area contributed by atoms with Crippen LogP contribution in [-0.2, 0) is 13.2 Å². The Hall–Kier alpha value is -0.840. The van der Waals surface area contributed by atoms with Gasteiger partial charge in [-0.25, -0.2) is 0 Å². The van der Waals surface area contributed by atoms with E-state index in [0.29, 0.717) is 0 Å². The molecule has 1 heterocycles. The predicted octanol–water partition coefficient (Wildman–Crippen LogP) is 3.95. The van der Waals surface area contributed by atoms with E-state index in [0.717, 1.165) is 22.1 Å². The molecule has 96 valence electrons. The molecule has 4 heteroatoms. The number of aliphatic hydroxyl groups excluding tert-OH is 1. The van der Waals surface area contributed by atoms with Gasteiger partial charge < -0.3 is 10.0 Å². The molecule has 0 spiro atoms. The van der Waals surface area contributed by atoms with Gasteiger partial charge in [-0.15, -0.1) is 11.3 Å². The lowest BCUT2D eigenvalue weighted by Gasteiger charge is -2.19. The second kappa shape index (κ2) is 5.87. The maximum Gasteiger partial charge on any atom is 0.0684 e. The van der Waals surface area contributed by atoms with E-state index in [1.54, 1.807) is 11.3 Å². The van der Waals surface area contributed by atoms with Crippen LogP contribution in [0.15, 0.2) is 34.1 Å². The second-order valence-electron chi connectivity index (χ2n) is 4.36. The minimum atomic E-state index is 0.105. The maximum atomic E-state index is 9.17. The Bertz CT molecular complexity index is 538. The Morgan fingerprint density at radius 2 is 2.11 bits per heavy atom. The minimum Gasteiger partial charge on any atom is -0.392 e.